The number of H-pyrrole nitrogens is 1. The second-order valence-electron chi connectivity index (χ2n) is 3.90. The Kier molecular flexibility index (Phi) is 4.87. The molecule has 17 heavy (non-hydrogen) atoms. The molecular formula is C9H16N2O4S2. The fourth-order valence-corrected chi connectivity index (χ4v) is 3.80. The van der Waals surface area contributed by atoms with E-state index in [1.54, 1.807) is 6.92 Å². The lowest BCUT2D eigenvalue weighted by Crippen LogP contribution is -2.28. The number of rotatable bonds is 6. The van der Waals surface area contributed by atoms with Gasteiger partial charge in [-0.15, -0.1) is 0 Å². The highest BCUT2D eigenvalue weighted by atomic mass is 32.2. The van der Waals surface area contributed by atoms with Gasteiger partial charge in [0.1, 0.15) is 0 Å². The van der Waals surface area contributed by atoms with Crippen LogP contribution in [-0.2, 0) is 10.0 Å². The highest BCUT2D eigenvalue weighted by Gasteiger charge is 2.20. The van der Waals surface area contributed by atoms with Crippen LogP contribution in [0.3, 0.4) is 0 Å². The SMILES string of the molecule is Cc1[nH]c(=O)sc1S(=O)(=O)NCC(C)CCO. The molecule has 0 spiro atoms. The molecule has 0 saturated heterocycles. The molecule has 6 nitrogen and oxygen atoms in total. The van der Waals surface area contributed by atoms with E-state index in [-0.39, 0.29) is 28.2 Å². The molecule has 1 aromatic rings. The molecule has 0 aliphatic heterocycles. The first-order valence-electron chi connectivity index (χ1n) is 5.17. The van der Waals surface area contributed by atoms with E-state index in [0.29, 0.717) is 23.5 Å². The Bertz CT molecular complexity index is 517. The summed E-state index contributed by atoms with van der Waals surface area (Å²) in [4.78, 5) is 13.1. The molecule has 0 bridgehead atoms. The van der Waals surface area contributed by atoms with Crippen molar-refractivity contribution in [3.05, 3.63) is 15.4 Å². The zero-order valence-electron chi connectivity index (χ0n) is 9.69. The second kappa shape index (κ2) is 5.76. The average Bonchev–Trinajstić information content (AvgIpc) is 2.56. The summed E-state index contributed by atoms with van der Waals surface area (Å²) in [5, 5.41) is 8.71. The first-order valence-corrected chi connectivity index (χ1v) is 7.47. The summed E-state index contributed by atoms with van der Waals surface area (Å²) in [5.74, 6) is 0.0470. The third-order valence-corrected chi connectivity index (χ3v) is 5.30. The molecule has 1 rings (SSSR count). The number of hydrogen-bond donors (Lipinski definition) is 3. The summed E-state index contributed by atoms with van der Waals surface area (Å²) in [6.45, 7) is 3.66. The first-order chi connectivity index (χ1) is 7.86. The van der Waals surface area contributed by atoms with Gasteiger partial charge in [-0.3, -0.25) is 4.79 Å². The molecule has 0 aliphatic carbocycles. The van der Waals surface area contributed by atoms with Gasteiger partial charge in [-0.05, 0) is 19.3 Å². The predicted octanol–water partition coefficient (Wildman–Crippen LogP) is 0.0416. The molecule has 0 fully saturated rings. The third-order valence-electron chi connectivity index (χ3n) is 2.27. The van der Waals surface area contributed by atoms with Crippen LogP contribution in [0, 0.1) is 12.8 Å². The van der Waals surface area contributed by atoms with Crippen LogP contribution in [0.5, 0.6) is 0 Å². The average molecular weight is 280 g/mol. The minimum Gasteiger partial charge on any atom is -0.396 e. The predicted molar refractivity (Wildman–Crippen MR) is 65.7 cm³/mol. The van der Waals surface area contributed by atoms with Crippen molar-refractivity contribution in [2.45, 2.75) is 24.5 Å². The van der Waals surface area contributed by atoms with Gasteiger partial charge >= 0.3 is 4.87 Å². The summed E-state index contributed by atoms with van der Waals surface area (Å²) in [5.41, 5.74) is 0.349. The van der Waals surface area contributed by atoms with Crippen molar-refractivity contribution in [1.29, 1.82) is 0 Å². The minimum absolute atomic E-state index is 0.0266. The Morgan fingerprint density at radius 1 is 1.53 bits per heavy atom. The number of sulfonamides is 1. The highest BCUT2D eigenvalue weighted by Crippen LogP contribution is 2.15. The van der Waals surface area contributed by atoms with Crippen LogP contribution in [0.2, 0.25) is 0 Å². The normalized spacial score (nSPS) is 13.8. The van der Waals surface area contributed by atoms with Crippen LogP contribution in [0.4, 0.5) is 0 Å². The number of aryl methyl sites for hydroxylation is 1. The maximum absolute atomic E-state index is 11.9. The van der Waals surface area contributed by atoms with Gasteiger partial charge in [0.2, 0.25) is 0 Å². The van der Waals surface area contributed by atoms with Crippen LogP contribution in [0.15, 0.2) is 9.00 Å². The molecule has 0 radical (unpaired) electrons. The van der Waals surface area contributed by atoms with Gasteiger partial charge in [0.05, 0.1) is 0 Å². The summed E-state index contributed by atoms with van der Waals surface area (Å²) >= 11 is 0.675. The molecule has 0 amide bonds. The molecule has 1 heterocycles. The van der Waals surface area contributed by atoms with Crippen LogP contribution in [0.1, 0.15) is 19.0 Å². The number of aliphatic hydroxyl groups excluding tert-OH is 1. The van der Waals surface area contributed by atoms with Gasteiger partial charge in [0, 0.05) is 18.8 Å². The first kappa shape index (κ1) is 14.4. The molecule has 1 unspecified atom stereocenters. The lowest BCUT2D eigenvalue weighted by atomic mass is 10.1. The Labute approximate surface area is 104 Å². The van der Waals surface area contributed by atoms with Crippen molar-refractivity contribution < 1.29 is 13.5 Å². The Morgan fingerprint density at radius 2 is 2.18 bits per heavy atom. The Morgan fingerprint density at radius 3 is 2.65 bits per heavy atom. The molecule has 1 aromatic heterocycles. The van der Waals surface area contributed by atoms with Gasteiger partial charge in [0.25, 0.3) is 10.0 Å². The molecule has 0 aliphatic rings. The number of thiazole rings is 1. The molecule has 8 heteroatoms. The van der Waals surface area contributed by atoms with Crippen LogP contribution in [0.25, 0.3) is 0 Å². The maximum Gasteiger partial charge on any atom is 0.305 e. The second-order valence-corrected chi connectivity index (χ2v) is 6.84. The maximum atomic E-state index is 11.9. The molecule has 98 valence electrons. The lowest BCUT2D eigenvalue weighted by Gasteiger charge is -2.10. The van der Waals surface area contributed by atoms with Crippen molar-refractivity contribution in [3.63, 3.8) is 0 Å². The monoisotopic (exact) mass is 280 g/mol. The minimum atomic E-state index is -3.63. The molecule has 1 atom stereocenters. The Hall–Kier alpha value is -0.700. The largest absolute Gasteiger partial charge is 0.396 e. The molecule has 0 aromatic carbocycles. The van der Waals surface area contributed by atoms with Crippen molar-refractivity contribution >= 4 is 21.4 Å². The van der Waals surface area contributed by atoms with E-state index < -0.39 is 10.0 Å². The van der Waals surface area contributed by atoms with E-state index in [9.17, 15) is 13.2 Å². The fourth-order valence-electron chi connectivity index (χ4n) is 1.29. The van der Waals surface area contributed by atoms with Crippen molar-refractivity contribution in [3.8, 4) is 0 Å². The molecular weight excluding hydrogens is 264 g/mol. The number of nitrogens with one attached hydrogen (secondary N) is 2. The Balaban J connectivity index is 2.76. The van der Waals surface area contributed by atoms with Crippen LogP contribution >= 0.6 is 11.3 Å². The summed E-state index contributed by atoms with van der Waals surface area (Å²) < 4.78 is 26.2. The molecule has 3 N–H and O–H groups in total. The topological polar surface area (TPSA) is 99.3 Å². The van der Waals surface area contributed by atoms with Gasteiger partial charge in [-0.25, -0.2) is 13.1 Å². The van der Waals surface area contributed by atoms with Gasteiger partial charge < -0.3 is 10.1 Å². The number of hydrogen-bond acceptors (Lipinski definition) is 5. The van der Waals surface area contributed by atoms with E-state index in [1.165, 1.54) is 0 Å². The van der Waals surface area contributed by atoms with E-state index in [0.717, 1.165) is 0 Å². The van der Waals surface area contributed by atoms with E-state index >= 15 is 0 Å². The quantitative estimate of drug-likeness (QED) is 0.685. The zero-order chi connectivity index (χ0) is 13.1. The number of aromatic nitrogens is 1. The summed E-state index contributed by atoms with van der Waals surface area (Å²) in [6, 6.07) is 0. The summed E-state index contributed by atoms with van der Waals surface area (Å²) in [6.07, 6.45) is 0.533. The van der Waals surface area contributed by atoms with E-state index in [1.807, 2.05) is 6.92 Å². The van der Waals surface area contributed by atoms with Gasteiger partial charge in [0.15, 0.2) is 4.21 Å². The van der Waals surface area contributed by atoms with Crippen LogP contribution in [-0.4, -0.2) is 31.7 Å². The van der Waals surface area contributed by atoms with Crippen molar-refractivity contribution in [2.24, 2.45) is 5.92 Å². The van der Waals surface area contributed by atoms with Gasteiger partial charge in [-0.1, -0.05) is 18.3 Å². The van der Waals surface area contributed by atoms with Crippen molar-refractivity contribution in [1.82, 2.24) is 9.71 Å². The zero-order valence-corrected chi connectivity index (χ0v) is 11.3. The third kappa shape index (κ3) is 3.91. The van der Waals surface area contributed by atoms with Gasteiger partial charge in [-0.2, -0.15) is 0 Å². The van der Waals surface area contributed by atoms with E-state index in [2.05, 4.69) is 9.71 Å². The smallest absolute Gasteiger partial charge is 0.305 e. The summed E-state index contributed by atoms with van der Waals surface area (Å²) in [7, 11) is -3.63. The van der Waals surface area contributed by atoms with E-state index in [4.69, 9.17) is 5.11 Å². The highest BCUT2D eigenvalue weighted by molar-refractivity contribution is 7.91. The standard InChI is InChI=1S/C9H16N2O4S2/c1-6(3-4-12)5-10-17(14,15)8-7(2)11-9(13)16-8/h6,10,12H,3-5H2,1-2H3,(H,11,13). The van der Waals surface area contributed by atoms with Crippen LogP contribution < -0.4 is 9.60 Å². The van der Waals surface area contributed by atoms with Crippen molar-refractivity contribution in [2.75, 3.05) is 13.2 Å². The number of aromatic amines is 1. The fraction of sp³-hybridized carbons (Fsp3) is 0.667. The molecule has 0 saturated carbocycles. The number of aliphatic hydroxyl groups is 1. The lowest BCUT2D eigenvalue weighted by molar-refractivity contribution is 0.263.